The first-order valence-corrected chi connectivity index (χ1v) is 11.5. The van der Waals surface area contributed by atoms with Crippen molar-refractivity contribution in [3.05, 3.63) is 65.7 Å². The molecule has 1 heterocycles. The maximum Gasteiger partial charge on any atom is 0.325 e. The Bertz CT molecular complexity index is 928. The van der Waals surface area contributed by atoms with Gasteiger partial charge in [0.2, 0.25) is 0 Å². The van der Waals surface area contributed by atoms with Crippen molar-refractivity contribution in [1.82, 2.24) is 20.4 Å². The lowest BCUT2D eigenvalue weighted by Gasteiger charge is -2.34. The first kappa shape index (κ1) is 25.2. The second-order valence-electron chi connectivity index (χ2n) is 8.17. The van der Waals surface area contributed by atoms with Crippen molar-refractivity contribution in [3.8, 4) is 0 Å². The fraction of sp³-hybridized carbons (Fsp3) is 0.400. The summed E-state index contributed by atoms with van der Waals surface area (Å²) in [5.41, 5.74) is 2.32. The molecule has 2 aromatic rings. The number of anilines is 1. The molecule has 3 N–H and O–H groups in total. The summed E-state index contributed by atoms with van der Waals surface area (Å²) in [4.78, 5) is 40.1. The monoisotopic (exact) mass is 467 g/mol. The van der Waals surface area contributed by atoms with Gasteiger partial charge in [0.05, 0.1) is 7.11 Å². The highest BCUT2D eigenvalue weighted by Crippen LogP contribution is 2.10. The van der Waals surface area contributed by atoms with Crippen LogP contribution < -0.4 is 16.0 Å². The third-order valence-corrected chi connectivity index (χ3v) is 5.68. The fourth-order valence-corrected chi connectivity index (χ4v) is 3.72. The van der Waals surface area contributed by atoms with Crippen molar-refractivity contribution in [1.29, 1.82) is 0 Å². The number of hydrogen-bond acceptors (Lipinski definition) is 6. The molecule has 0 atom stereocenters. The van der Waals surface area contributed by atoms with Crippen molar-refractivity contribution < 1.29 is 19.1 Å². The van der Waals surface area contributed by atoms with Crippen LogP contribution in [-0.2, 0) is 16.1 Å². The number of urea groups is 1. The molecule has 0 spiro atoms. The molecule has 1 fully saturated rings. The molecule has 0 unspecified atom stereocenters. The molecule has 1 aliphatic heterocycles. The number of carbonyl (C=O) groups is 3. The number of hydrogen-bond donors (Lipinski definition) is 3. The summed E-state index contributed by atoms with van der Waals surface area (Å²) in [6.07, 6.45) is 0.880. The molecule has 1 aliphatic rings. The van der Waals surface area contributed by atoms with Gasteiger partial charge < -0.3 is 25.6 Å². The number of carbonyl (C=O) groups excluding carboxylic acids is 3. The van der Waals surface area contributed by atoms with E-state index in [1.54, 1.807) is 24.3 Å². The van der Waals surface area contributed by atoms with E-state index in [4.69, 9.17) is 0 Å². The van der Waals surface area contributed by atoms with Gasteiger partial charge >= 0.3 is 12.0 Å². The third kappa shape index (κ3) is 8.49. The van der Waals surface area contributed by atoms with Crippen LogP contribution in [0.1, 0.15) is 22.3 Å². The van der Waals surface area contributed by atoms with Crippen LogP contribution in [-0.4, -0.2) is 80.6 Å². The number of rotatable bonds is 10. The van der Waals surface area contributed by atoms with Gasteiger partial charge in [0, 0.05) is 50.5 Å². The van der Waals surface area contributed by atoms with Crippen LogP contribution in [0.2, 0.25) is 0 Å². The van der Waals surface area contributed by atoms with Gasteiger partial charge in [0.15, 0.2) is 0 Å². The van der Waals surface area contributed by atoms with E-state index < -0.39 is 5.97 Å². The van der Waals surface area contributed by atoms with E-state index in [1.165, 1.54) is 12.7 Å². The van der Waals surface area contributed by atoms with Crippen LogP contribution in [0.25, 0.3) is 0 Å². The Morgan fingerprint density at radius 1 is 0.882 bits per heavy atom. The van der Waals surface area contributed by atoms with E-state index in [0.717, 1.165) is 45.7 Å². The van der Waals surface area contributed by atoms with Gasteiger partial charge in [0.1, 0.15) is 6.54 Å². The molecule has 34 heavy (non-hydrogen) atoms. The Morgan fingerprint density at radius 3 is 2.24 bits per heavy atom. The minimum absolute atomic E-state index is 0.193. The van der Waals surface area contributed by atoms with Gasteiger partial charge in [-0.3, -0.25) is 14.5 Å². The van der Waals surface area contributed by atoms with E-state index in [9.17, 15) is 14.4 Å². The number of methoxy groups -OCH3 is 1. The van der Waals surface area contributed by atoms with Crippen molar-refractivity contribution in [2.75, 3.05) is 58.2 Å². The molecule has 3 rings (SSSR count). The van der Waals surface area contributed by atoms with Crippen LogP contribution in [0, 0.1) is 0 Å². The highest BCUT2D eigenvalue weighted by Gasteiger charge is 2.16. The highest BCUT2D eigenvalue weighted by atomic mass is 16.5. The summed E-state index contributed by atoms with van der Waals surface area (Å²) in [5.74, 6) is -0.907. The standard InChI is InChI=1S/C25H33N5O4/c1-34-23(31)18-27-24(32)21-8-10-22(11-9-21)28-25(33)26-12-5-13-29-14-16-30(17-15-29)19-20-6-3-2-4-7-20/h2-4,6-11H,5,12-19H2,1H3,(H,27,32)(H2,26,28,33). The van der Waals surface area contributed by atoms with Gasteiger partial charge in [-0.2, -0.15) is 0 Å². The largest absolute Gasteiger partial charge is 0.468 e. The number of nitrogens with zero attached hydrogens (tertiary/aromatic N) is 2. The minimum Gasteiger partial charge on any atom is -0.468 e. The SMILES string of the molecule is COC(=O)CNC(=O)c1ccc(NC(=O)NCCCN2CCN(Cc3ccccc3)CC2)cc1. The lowest BCUT2D eigenvalue weighted by atomic mass is 10.2. The zero-order valence-corrected chi connectivity index (χ0v) is 19.6. The number of esters is 1. The Morgan fingerprint density at radius 2 is 1.56 bits per heavy atom. The van der Waals surface area contributed by atoms with Crippen molar-refractivity contribution in [3.63, 3.8) is 0 Å². The first-order valence-electron chi connectivity index (χ1n) is 11.5. The smallest absolute Gasteiger partial charge is 0.325 e. The number of ether oxygens (including phenoxy) is 1. The average molecular weight is 468 g/mol. The Kier molecular flexibility index (Phi) is 9.87. The minimum atomic E-state index is -0.520. The van der Waals surface area contributed by atoms with Crippen molar-refractivity contribution in [2.45, 2.75) is 13.0 Å². The maximum absolute atomic E-state index is 12.1. The molecule has 3 amide bonds. The molecule has 2 aromatic carbocycles. The Balaban J connectivity index is 1.28. The quantitative estimate of drug-likeness (QED) is 0.364. The fourth-order valence-electron chi connectivity index (χ4n) is 3.72. The van der Waals surface area contributed by atoms with E-state index in [1.807, 2.05) is 6.07 Å². The van der Waals surface area contributed by atoms with Gasteiger partial charge in [-0.15, -0.1) is 0 Å². The predicted octanol–water partition coefficient (Wildman–Crippen LogP) is 1.92. The second-order valence-corrected chi connectivity index (χ2v) is 8.17. The topological polar surface area (TPSA) is 103 Å². The highest BCUT2D eigenvalue weighted by molar-refractivity contribution is 5.96. The Labute approximate surface area is 200 Å². The molecule has 0 aromatic heterocycles. The van der Waals surface area contributed by atoms with Gasteiger partial charge in [0.25, 0.3) is 5.91 Å². The van der Waals surface area contributed by atoms with Crippen LogP contribution >= 0.6 is 0 Å². The first-order chi connectivity index (χ1) is 16.5. The van der Waals surface area contributed by atoms with Gasteiger partial charge in [-0.1, -0.05) is 30.3 Å². The number of amides is 3. The molecule has 1 saturated heterocycles. The Hall–Kier alpha value is -3.43. The molecule has 0 radical (unpaired) electrons. The average Bonchev–Trinajstić information content (AvgIpc) is 2.87. The van der Waals surface area contributed by atoms with E-state index in [2.05, 4.69) is 54.8 Å². The molecule has 0 bridgehead atoms. The molecule has 0 aliphatic carbocycles. The predicted molar refractivity (Wildman–Crippen MR) is 131 cm³/mol. The molecule has 9 heteroatoms. The number of benzene rings is 2. The summed E-state index contributed by atoms with van der Waals surface area (Å²) in [6, 6.07) is 16.7. The van der Waals surface area contributed by atoms with Crippen molar-refractivity contribution >= 4 is 23.6 Å². The van der Waals surface area contributed by atoms with E-state index in [0.29, 0.717) is 17.8 Å². The number of piperazine rings is 1. The molecular formula is C25H33N5O4. The van der Waals surface area contributed by atoms with Crippen molar-refractivity contribution in [2.24, 2.45) is 0 Å². The van der Waals surface area contributed by atoms with Crippen LogP contribution in [0.4, 0.5) is 10.5 Å². The zero-order valence-electron chi connectivity index (χ0n) is 19.6. The van der Waals surface area contributed by atoms with Gasteiger partial charge in [-0.05, 0) is 42.8 Å². The summed E-state index contributed by atoms with van der Waals surface area (Å²) in [6.45, 7) is 6.53. The van der Waals surface area contributed by atoms with Gasteiger partial charge in [-0.25, -0.2) is 4.79 Å². The maximum atomic E-state index is 12.1. The van der Waals surface area contributed by atoms with Crippen LogP contribution in [0.15, 0.2) is 54.6 Å². The van der Waals surface area contributed by atoms with Crippen LogP contribution in [0.3, 0.4) is 0 Å². The van der Waals surface area contributed by atoms with E-state index in [-0.39, 0.29) is 18.5 Å². The summed E-state index contributed by atoms with van der Waals surface area (Å²) in [5, 5.41) is 8.09. The normalized spacial score (nSPS) is 14.3. The molecule has 182 valence electrons. The number of nitrogens with one attached hydrogen (secondary N) is 3. The summed E-state index contributed by atoms with van der Waals surface area (Å²) in [7, 11) is 1.26. The molecule has 0 saturated carbocycles. The van der Waals surface area contributed by atoms with Crippen LogP contribution in [0.5, 0.6) is 0 Å². The molecular weight excluding hydrogens is 434 g/mol. The zero-order chi connectivity index (χ0) is 24.2. The molecule has 9 nitrogen and oxygen atoms in total. The summed E-state index contributed by atoms with van der Waals surface area (Å²) < 4.78 is 4.49. The second kappa shape index (κ2) is 13.3. The third-order valence-electron chi connectivity index (χ3n) is 5.68. The lowest BCUT2D eigenvalue weighted by molar-refractivity contribution is -0.139. The van der Waals surface area contributed by atoms with E-state index >= 15 is 0 Å². The summed E-state index contributed by atoms with van der Waals surface area (Å²) >= 11 is 0. The lowest BCUT2D eigenvalue weighted by Crippen LogP contribution is -2.46.